The first-order valence-corrected chi connectivity index (χ1v) is 11.8. The van der Waals surface area contributed by atoms with E-state index in [-0.39, 0.29) is 48.7 Å². The molecule has 0 aliphatic heterocycles. The molecule has 0 fully saturated rings. The quantitative estimate of drug-likeness (QED) is 0.334. The smallest absolute Gasteiger partial charge is 0.273 e. The number of H-pyrrole nitrogens is 1. The van der Waals surface area contributed by atoms with Gasteiger partial charge in [-0.2, -0.15) is 0 Å². The van der Waals surface area contributed by atoms with E-state index in [9.17, 15) is 14.0 Å². The van der Waals surface area contributed by atoms with Gasteiger partial charge in [-0.05, 0) is 48.4 Å². The molecule has 1 amide bonds. The van der Waals surface area contributed by atoms with Crippen molar-refractivity contribution in [3.8, 4) is 22.9 Å². The van der Waals surface area contributed by atoms with Gasteiger partial charge in [-0.15, -0.1) is 10.2 Å². The molecular weight excluding hydrogens is 475 g/mol. The summed E-state index contributed by atoms with van der Waals surface area (Å²) in [6, 6.07) is 20.7. The van der Waals surface area contributed by atoms with Crippen LogP contribution >= 0.6 is 0 Å². The zero-order valence-corrected chi connectivity index (χ0v) is 20.5. The van der Waals surface area contributed by atoms with Crippen LogP contribution in [-0.4, -0.2) is 28.2 Å². The number of carbonyl (C=O) groups is 1. The summed E-state index contributed by atoms with van der Waals surface area (Å²) < 4.78 is 24.6. The standard InChI is InChI=1S/C28H27FN4O4/c1-18(20-8-4-3-5-9-20)30-26(34)14-12-23-28(35)31-27(33-32-23)21-11-13-24(25(16-21)36-2)37-17-19-7-6-10-22(29)15-19/h3-11,13,15-16,18H,12,14,17H2,1-2H3,(H,30,34)(H,31,33,35)/t18-/m1/s1. The van der Waals surface area contributed by atoms with Crippen molar-refractivity contribution in [2.45, 2.75) is 32.4 Å². The highest BCUT2D eigenvalue weighted by atomic mass is 19.1. The molecule has 1 aromatic heterocycles. The van der Waals surface area contributed by atoms with Gasteiger partial charge in [-0.25, -0.2) is 4.39 Å². The maximum absolute atomic E-state index is 13.4. The number of carbonyl (C=O) groups excluding carboxylic acids is 1. The summed E-state index contributed by atoms with van der Waals surface area (Å²) in [5, 5.41) is 11.1. The molecule has 3 aromatic carbocycles. The number of halogens is 1. The third-order valence-corrected chi connectivity index (χ3v) is 5.75. The van der Waals surface area contributed by atoms with Crippen molar-refractivity contribution < 1.29 is 18.7 Å². The zero-order chi connectivity index (χ0) is 26.2. The Hall–Kier alpha value is -4.53. The first kappa shape index (κ1) is 25.6. The van der Waals surface area contributed by atoms with Gasteiger partial charge in [0.1, 0.15) is 18.1 Å². The fraction of sp³-hybridized carbons (Fsp3) is 0.214. The predicted octanol–water partition coefficient (Wildman–Crippen LogP) is 4.37. The fourth-order valence-electron chi connectivity index (χ4n) is 3.75. The van der Waals surface area contributed by atoms with Gasteiger partial charge in [0.25, 0.3) is 5.56 Å². The third-order valence-electron chi connectivity index (χ3n) is 5.75. The number of hydrogen-bond acceptors (Lipinski definition) is 6. The predicted molar refractivity (Wildman–Crippen MR) is 137 cm³/mol. The lowest BCUT2D eigenvalue weighted by Gasteiger charge is -2.14. The highest BCUT2D eigenvalue weighted by molar-refractivity contribution is 5.76. The number of nitrogens with zero attached hydrogens (tertiary/aromatic N) is 2. The number of methoxy groups -OCH3 is 1. The Balaban J connectivity index is 1.38. The van der Waals surface area contributed by atoms with Gasteiger partial charge in [0.15, 0.2) is 17.3 Å². The van der Waals surface area contributed by atoms with E-state index in [1.807, 2.05) is 37.3 Å². The second-order valence-corrected chi connectivity index (χ2v) is 8.43. The SMILES string of the molecule is COc1cc(-c2nnc(CCC(=O)N[C@H](C)c3ccccc3)c(=O)[nH]2)ccc1OCc1cccc(F)c1. The molecular formula is C28H27FN4O4. The number of rotatable bonds is 10. The molecule has 1 heterocycles. The van der Waals surface area contributed by atoms with Crippen LogP contribution in [0.1, 0.15) is 36.2 Å². The van der Waals surface area contributed by atoms with E-state index in [2.05, 4.69) is 20.5 Å². The monoisotopic (exact) mass is 502 g/mol. The average Bonchev–Trinajstić information content (AvgIpc) is 2.91. The molecule has 2 N–H and O–H groups in total. The van der Waals surface area contributed by atoms with Gasteiger partial charge in [-0.1, -0.05) is 42.5 Å². The Labute approximate surface area is 213 Å². The topological polar surface area (TPSA) is 106 Å². The summed E-state index contributed by atoms with van der Waals surface area (Å²) in [7, 11) is 1.50. The number of ether oxygens (including phenoxy) is 2. The average molecular weight is 503 g/mol. The van der Waals surface area contributed by atoms with Gasteiger partial charge < -0.3 is 19.8 Å². The summed E-state index contributed by atoms with van der Waals surface area (Å²) in [6.45, 7) is 2.07. The molecule has 0 bridgehead atoms. The number of amides is 1. The maximum atomic E-state index is 13.4. The van der Waals surface area contributed by atoms with Crippen LogP contribution in [0.3, 0.4) is 0 Å². The highest BCUT2D eigenvalue weighted by Gasteiger charge is 2.14. The fourth-order valence-corrected chi connectivity index (χ4v) is 3.75. The molecule has 0 spiro atoms. The van der Waals surface area contributed by atoms with E-state index in [1.165, 1.54) is 19.2 Å². The van der Waals surface area contributed by atoms with Gasteiger partial charge in [0.2, 0.25) is 5.91 Å². The van der Waals surface area contributed by atoms with Gasteiger partial charge >= 0.3 is 0 Å². The van der Waals surface area contributed by atoms with E-state index in [0.717, 1.165) is 5.56 Å². The summed E-state index contributed by atoms with van der Waals surface area (Å²) in [6.07, 6.45) is 0.269. The Kier molecular flexibility index (Phi) is 8.25. The molecule has 0 aliphatic rings. The lowest BCUT2D eigenvalue weighted by atomic mass is 10.1. The van der Waals surface area contributed by atoms with Crippen LogP contribution in [0.25, 0.3) is 11.4 Å². The van der Waals surface area contributed by atoms with Crippen LogP contribution < -0.4 is 20.3 Å². The van der Waals surface area contributed by atoms with E-state index in [0.29, 0.717) is 22.6 Å². The summed E-state index contributed by atoms with van der Waals surface area (Å²) in [4.78, 5) is 27.7. The van der Waals surface area contributed by atoms with Crippen molar-refractivity contribution in [1.82, 2.24) is 20.5 Å². The molecule has 9 heteroatoms. The second kappa shape index (κ2) is 11.9. The number of aryl methyl sites for hydroxylation is 1. The number of nitrogens with one attached hydrogen (secondary N) is 2. The summed E-state index contributed by atoms with van der Waals surface area (Å²) in [5.74, 6) is 0.617. The minimum Gasteiger partial charge on any atom is -0.493 e. The van der Waals surface area contributed by atoms with Crippen LogP contribution in [0, 0.1) is 5.82 Å². The van der Waals surface area contributed by atoms with Crippen LogP contribution in [0.15, 0.2) is 77.6 Å². The van der Waals surface area contributed by atoms with Crippen LogP contribution in [0.4, 0.5) is 4.39 Å². The molecule has 0 unspecified atom stereocenters. The molecule has 8 nitrogen and oxygen atoms in total. The molecule has 1 atom stereocenters. The van der Waals surface area contributed by atoms with Crippen molar-refractivity contribution in [2.24, 2.45) is 0 Å². The first-order valence-electron chi connectivity index (χ1n) is 11.8. The lowest BCUT2D eigenvalue weighted by molar-refractivity contribution is -0.121. The van der Waals surface area contributed by atoms with Crippen molar-refractivity contribution in [2.75, 3.05) is 7.11 Å². The number of aromatic nitrogens is 3. The molecule has 0 saturated carbocycles. The van der Waals surface area contributed by atoms with E-state index in [4.69, 9.17) is 9.47 Å². The molecule has 0 saturated heterocycles. The van der Waals surface area contributed by atoms with Gasteiger partial charge in [0.05, 0.1) is 13.2 Å². The number of aromatic amines is 1. The van der Waals surface area contributed by atoms with Gasteiger partial charge in [0, 0.05) is 18.4 Å². The van der Waals surface area contributed by atoms with Crippen molar-refractivity contribution >= 4 is 5.91 Å². The van der Waals surface area contributed by atoms with E-state index < -0.39 is 5.56 Å². The third kappa shape index (κ3) is 6.78. The Morgan fingerprint density at radius 2 is 1.84 bits per heavy atom. The Morgan fingerprint density at radius 3 is 2.57 bits per heavy atom. The molecule has 37 heavy (non-hydrogen) atoms. The lowest BCUT2D eigenvalue weighted by Crippen LogP contribution is -2.28. The van der Waals surface area contributed by atoms with Crippen molar-refractivity contribution in [3.63, 3.8) is 0 Å². The maximum Gasteiger partial charge on any atom is 0.273 e. The normalized spacial score (nSPS) is 11.5. The Bertz CT molecular complexity index is 1430. The van der Waals surface area contributed by atoms with Gasteiger partial charge in [-0.3, -0.25) is 9.59 Å². The minimum atomic E-state index is -0.417. The Morgan fingerprint density at radius 1 is 1.03 bits per heavy atom. The number of benzene rings is 3. The molecule has 0 aliphatic carbocycles. The van der Waals surface area contributed by atoms with Crippen LogP contribution in [-0.2, 0) is 17.8 Å². The van der Waals surface area contributed by atoms with Crippen LogP contribution in [0.2, 0.25) is 0 Å². The molecule has 4 aromatic rings. The number of hydrogen-bond donors (Lipinski definition) is 2. The van der Waals surface area contributed by atoms with E-state index >= 15 is 0 Å². The molecule has 0 radical (unpaired) electrons. The van der Waals surface area contributed by atoms with E-state index in [1.54, 1.807) is 30.3 Å². The minimum absolute atomic E-state index is 0.111. The van der Waals surface area contributed by atoms with Crippen LogP contribution in [0.5, 0.6) is 11.5 Å². The largest absolute Gasteiger partial charge is 0.493 e. The zero-order valence-electron chi connectivity index (χ0n) is 20.5. The first-order chi connectivity index (χ1) is 17.9. The summed E-state index contributed by atoms with van der Waals surface area (Å²) in [5.41, 5.74) is 2.01. The highest BCUT2D eigenvalue weighted by Crippen LogP contribution is 2.31. The van der Waals surface area contributed by atoms with Crippen molar-refractivity contribution in [3.05, 3.63) is 106 Å². The van der Waals surface area contributed by atoms with Crippen molar-refractivity contribution in [1.29, 1.82) is 0 Å². The molecule has 190 valence electrons. The second-order valence-electron chi connectivity index (χ2n) is 8.43. The summed E-state index contributed by atoms with van der Waals surface area (Å²) >= 11 is 0. The molecule has 4 rings (SSSR count).